The van der Waals surface area contributed by atoms with Gasteiger partial charge in [0.15, 0.2) is 0 Å². The highest BCUT2D eigenvalue weighted by Gasteiger charge is 2.24. The largest absolute Gasteiger partial charge is 0.461 e. The number of amides is 1. The molecule has 0 N–H and O–H groups in total. The molecule has 1 aromatic carbocycles. The lowest BCUT2D eigenvalue weighted by molar-refractivity contribution is -0.117. The van der Waals surface area contributed by atoms with Gasteiger partial charge in [0.1, 0.15) is 11.5 Å². The molecule has 0 aliphatic carbocycles. The van der Waals surface area contributed by atoms with Crippen LogP contribution in [0.4, 0.5) is 5.69 Å². The Kier molecular flexibility index (Phi) is 2.08. The molecule has 3 rings (SSSR count). The second-order valence-electron chi connectivity index (χ2n) is 4.38. The molecule has 3 heteroatoms. The van der Waals surface area contributed by atoms with Crippen molar-refractivity contribution in [1.82, 2.24) is 0 Å². The van der Waals surface area contributed by atoms with Gasteiger partial charge in [-0.2, -0.15) is 0 Å². The van der Waals surface area contributed by atoms with Crippen LogP contribution in [0.25, 0.3) is 11.3 Å². The molecule has 0 saturated carbocycles. The van der Waals surface area contributed by atoms with Gasteiger partial charge in [-0.15, -0.1) is 0 Å². The Morgan fingerprint density at radius 1 is 1.24 bits per heavy atom. The van der Waals surface area contributed by atoms with Crippen LogP contribution in [-0.4, -0.2) is 13.0 Å². The van der Waals surface area contributed by atoms with E-state index in [9.17, 15) is 4.79 Å². The van der Waals surface area contributed by atoms with Gasteiger partial charge in [-0.25, -0.2) is 0 Å². The number of hydrogen-bond acceptors (Lipinski definition) is 2. The molecule has 2 aromatic rings. The van der Waals surface area contributed by atoms with Crippen molar-refractivity contribution < 1.29 is 9.21 Å². The standard InChI is InChI=1S/C14H13NO2/c1-9-3-6-13(17-9)11-5-4-10-8-14(16)15(2)12(10)7-11/h3-7H,8H2,1-2H3. The van der Waals surface area contributed by atoms with Gasteiger partial charge >= 0.3 is 0 Å². The number of carbonyl (C=O) groups is 1. The number of nitrogens with zero attached hydrogens (tertiary/aromatic N) is 1. The number of likely N-dealkylation sites (N-methyl/N-ethyl adjacent to an activating group) is 1. The molecule has 17 heavy (non-hydrogen) atoms. The van der Waals surface area contributed by atoms with Gasteiger partial charge in [-0.1, -0.05) is 12.1 Å². The van der Waals surface area contributed by atoms with Gasteiger partial charge < -0.3 is 9.32 Å². The number of carbonyl (C=O) groups excluding carboxylic acids is 1. The van der Waals surface area contributed by atoms with E-state index < -0.39 is 0 Å². The van der Waals surface area contributed by atoms with Gasteiger partial charge in [0, 0.05) is 18.3 Å². The van der Waals surface area contributed by atoms with Gasteiger partial charge in [-0.05, 0) is 30.7 Å². The summed E-state index contributed by atoms with van der Waals surface area (Å²) < 4.78 is 5.59. The molecular weight excluding hydrogens is 214 g/mol. The summed E-state index contributed by atoms with van der Waals surface area (Å²) in [5.41, 5.74) is 3.09. The van der Waals surface area contributed by atoms with Crippen LogP contribution in [0, 0.1) is 6.92 Å². The smallest absolute Gasteiger partial charge is 0.231 e. The molecule has 3 nitrogen and oxygen atoms in total. The van der Waals surface area contributed by atoms with Gasteiger partial charge in [0.25, 0.3) is 0 Å². The highest BCUT2D eigenvalue weighted by Crippen LogP contribution is 2.32. The lowest BCUT2D eigenvalue weighted by Crippen LogP contribution is -2.20. The van der Waals surface area contributed by atoms with Gasteiger partial charge in [0.2, 0.25) is 5.91 Å². The third-order valence-electron chi connectivity index (χ3n) is 3.19. The van der Waals surface area contributed by atoms with E-state index in [4.69, 9.17) is 4.42 Å². The Hall–Kier alpha value is -2.03. The first-order chi connectivity index (χ1) is 8.15. The molecule has 1 amide bonds. The van der Waals surface area contributed by atoms with Crippen molar-refractivity contribution in [2.24, 2.45) is 0 Å². The maximum Gasteiger partial charge on any atom is 0.231 e. The Balaban J connectivity index is 2.08. The molecule has 1 aliphatic rings. The average molecular weight is 227 g/mol. The highest BCUT2D eigenvalue weighted by atomic mass is 16.3. The summed E-state index contributed by atoms with van der Waals surface area (Å²) in [6.07, 6.45) is 0.503. The van der Waals surface area contributed by atoms with Crippen molar-refractivity contribution in [2.45, 2.75) is 13.3 Å². The first-order valence-corrected chi connectivity index (χ1v) is 5.61. The van der Waals surface area contributed by atoms with Crippen LogP contribution in [0.2, 0.25) is 0 Å². The van der Waals surface area contributed by atoms with Crippen molar-refractivity contribution in [2.75, 3.05) is 11.9 Å². The molecule has 1 aromatic heterocycles. The number of benzene rings is 1. The Morgan fingerprint density at radius 3 is 2.76 bits per heavy atom. The Morgan fingerprint density at radius 2 is 2.06 bits per heavy atom. The zero-order valence-electron chi connectivity index (χ0n) is 9.86. The number of furan rings is 1. The average Bonchev–Trinajstić information content (AvgIpc) is 2.85. The molecular formula is C14H13NO2. The molecule has 0 spiro atoms. The van der Waals surface area contributed by atoms with E-state index in [2.05, 4.69) is 0 Å². The summed E-state index contributed by atoms with van der Waals surface area (Å²) in [4.78, 5) is 13.3. The second kappa shape index (κ2) is 3.48. The van der Waals surface area contributed by atoms with Crippen LogP contribution >= 0.6 is 0 Å². The zero-order chi connectivity index (χ0) is 12.0. The monoisotopic (exact) mass is 227 g/mol. The minimum absolute atomic E-state index is 0.146. The predicted molar refractivity (Wildman–Crippen MR) is 66.0 cm³/mol. The number of hydrogen-bond donors (Lipinski definition) is 0. The van der Waals surface area contributed by atoms with E-state index in [0.717, 1.165) is 28.3 Å². The minimum Gasteiger partial charge on any atom is -0.461 e. The quantitative estimate of drug-likeness (QED) is 0.750. The van der Waals surface area contributed by atoms with E-state index in [1.165, 1.54) is 0 Å². The third kappa shape index (κ3) is 1.55. The van der Waals surface area contributed by atoms with Crippen LogP contribution in [0.15, 0.2) is 34.7 Å². The molecule has 0 saturated heterocycles. The van der Waals surface area contributed by atoms with Crippen molar-refractivity contribution in [3.63, 3.8) is 0 Å². The summed E-state index contributed by atoms with van der Waals surface area (Å²) in [7, 11) is 1.81. The summed E-state index contributed by atoms with van der Waals surface area (Å²) in [6, 6.07) is 9.91. The second-order valence-corrected chi connectivity index (χ2v) is 4.38. The van der Waals surface area contributed by atoms with E-state index in [0.29, 0.717) is 6.42 Å². The number of aryl methyl sites for hydroxylation is 1. The SMILES string of the molecule is Cc1ccc(-c2ccc3c(c2)N(C)C(=O)C3)o1. The van der Waals surface area contributed by atoms with Crippen molar-refractivity contribution in [3.8, 4) is 11.3 Å². The fourth-order valence-electron chi connectivity index (χ4n) is 2.18. The lowest BCUT2D eigenvalue weighted by atomic mass is 10.1. The molecule has 0 unspecified atom stereocenters. The Labute approximate surface area is 99.7 Å². The van der Waals surface area contributed by atoms with Crippen molar-refractivity contribution in [1.29, 1.82) is 0 Å². The van der Waals surface area contributed by atoms with Crippen LogP contribution in [0.1, 0.15) is 11.3 Å². The van der Waals surface area contributed by atoms with Crippen LogP contribution in [-0.2, 0) is 11.2 Å². The topological polar surface area (TPSA) is 33.5 Å². The fourth-order valence-corrected chi connectivity index (χ4v) is 2.18. The maximum absolute atomic E-state index is 11.6. The zero-order valence-corrected chi connectivity index (χ0v) is 9.86. The summed E-state index contributed by atoms with van der Waals surface area (Å²) >= 11 is 0. The molecule has 0 bridgehead atoms. The fraction of sp³-hybridized carbons (Fsp3) is 0.214. The van der Waals surface area contributed by atoms with Crippen LogP contribution < -0.4 is 4.90 Å². The first-order valence-electron chi connectivity index (χ1n) is 5.61. The minimum atomic E-state index is 0.146. The van der Waals surface area contributed by atoms with Crippen LogP contribution in [0.3, 0.4) is 0 Å². The van der Waals surface area contributed by atoms with Gasteiger partial charge in [0.05, 0.1) is 6.42 Å². The maximum atomic E-state index is 11.6. The predicted octanol–water partition coefficient (Wildman–Crippen LogP) is 2.77. The molecule has 2 heterocycles. The molecule has 0 atom stereocenters. The van der Waals surface area contributed by atoms with Crippen molar-refractivity contribution >= 4 is 11.6 Å². The van der Waals surface area contributed by atoms with E-state index >= 15 is 0 Å². The summed E-state index contributed by atoms with van der Waals surface area (Å²) in [6.45, 7) is 1.92. The van der Waals surface area contributed by atoms with E-state index in [1.54, 1.807) is 4.90 Å². The third-order valence-corrected chi connectivity index (χ3v) is 3.19. The van der Waals surface area contributed by atoms with Crippen molar-refractivity contribution in [3.05, 3.63) is 41.7 Å². The van der Waals surface area contributed by atoms with E-state index in [-0.39, 0.29) is 5.91 Å². The molecule has 0 radical (unpaired) electrons. The molecule has 0 fully saturated rings. The molecule has 1 aliphatic heterocycles. The number of fused-ring (bicyclic) bond motifs is 1. The summed E-state index contributed by atoms with van der Waals surface area (Å²) in [5.74, 6) is 1.88. The normalized spacial score (nSPS) is 14.2. The lowest BCUT2D eigenvalue weighted by Gasteiger charge is -2.10. The number of rotatable bonds is 1. The summed E-state index contributed by atoms with van der Waals surface area (Å²) in [5, 5.41) is 0. The highest BCUT2D eigenvalue weighted by molar-refractivity contribution is 6.01. The van der Waals surface area contributed by atoms with E-state index in [1.807, 2.05) is 44.3 Å². The number of anilines is 1. The molecule has 86 valence electrons. The van der Waals surface area contributed by atoms with Gasteiger partial charge in [-0.3, -0.25) is 4.79 Å². The first kappa shape index (κ1) is 10.1. The Bertz CT molecular complexity index is 598. The van der Waals surface area contributed by atoms with Crippen LogP contribution in [0.5, 0.6) is 0 Å².